The van der Waals surface area contributed by atoms with Crippen LogP contribution in [-0.4, -0.2) is 26.6 Å². The first-order chi connectivity index (χ1) is 10.6. The van der Waals surface area contributed by atoms with Crippen LogP contribution in [0.3, 0.4) is 0 Å². The lowest BCUT2D eigenvalue weighted by Crippen LogP contribution is -2.41. The van der Waals surface area contributed by atoms with Crippen molar-refractivity contribution in [2.75, 3.05) is 0 Å². The van der Waals surface area contributed by atoms with Crippen LogP contribution in [0.1, 0.15) is 39.5 Å². The van der Waals surface area contributed by atoms with Gasteiger partial charge in [0.15, 0.2) is 5.16 Å². The maximum atomic E-state index is 12.6. The topological polar surface area (TPSA) is 46.4 Å². The minimum Gasteiger partial charge on any atom is -0.352 e. The molecule has 5 heteroatoms. The van der Waals surface area contributed by atoms with Crippen LogP contribution < -0.4 is 5.32 Å². The molecule has 0 bridgehead atoms. The van der Waals surface area contributed by atoms with Crippen LogP contribution in [-0.2, 0) is 4.79 Å². The smallest absolute Gasteiger partial charge is 0.234 e. The molecule has 1 aliphatic carbocycles. The molecule has 0 aromatic carbocycles. The van der Waals surface area contributed by atoms with Crippen molar-refractivity contribution < 1.29 is 4.79 Å². The van der Waals surface area contributed by atoms with Gasteiger partial charge in [0.2, 0.25) is 5.91 Å². The molecule has 2 heterocycles. The Morgan fingerprint density at radius 1 is 1.36 bits per heavy atom. The summed E-state index contributed by atoms with van der Waals surface area (Å²) in [5.41, 5.74) is 1.06. The summed E-state index contributed by atoms with van der Waals surface area (Å²) in [6.45, 7) is 4.20. The fourth-order valence-electron chi connectivity index (χ4n) is 2.97. The molecule has 1 aliphatic rings. The molecule has 4 nitrogen and oxygen atoms in total. The summed E-state index contributed by atoms with van der Waals surface area (Å²) in [6.07, 6.45) is 8.55. The van der Waals surface area contributed by atoms with Crippen LogP contribution >= 0.6 is 11.8 Å². The SMILES string of the molecule is CC(C)C(Sc1ncc2ccccn12)C(=O)NC1CCCC1. The number of amides is 1. The van der Waals surface area contributed by atoms with E-state index in [0.29, 0.717) is 6.04 Å². The quantitative estimate of drug-likeness (QED) is 0.858. The third-order valence-electron chi connectivity index (χ3n) is 4.20. The fourth-order valence-corrected chi connectivity index (χ4v) is 4.03. The number of fused-ring (bicyclic) bond motifs is 1. The van der Waals surface area contributed by atoms with Gasteiger partial charge >= 0.3 is 0 Å². The number of thioether (sulfide) groups is 1. The van der Waals surface area contributed by atoms with Gasteiger partial charge in [0, 0.05) is 12.2 Å². The van der Waals surface area contributed by atoms with E-state index in [9.17, 15) is 4.79 Å². The van der Waals surface area contributed by atoms with Gasteiger partial charge in [0.05, 0.1) is 17.0 Å². The van der Waals surface area contributed by atoms with Crippen LogP contribution in [0.4, 0.5) is 0 Å². The number of rotatable bonds is 5. The molecule has 1 atom stereocenters. The maximum absolute atomic E-state index is 12.6. The highest BCUT2D eigenvalue weighted by Crippen LogP contribution is 2.29. The first-order valence-corrected chi connectivity index (χ1v) is 8.92. The highest BCUT2D eigenvalue weighted by molar-refractivity contribution is 8.00. The fraction of sp³-hybridized carbons (Fsp3) is 0.529. The molecule has 1 fully saturated rings. The molecule has 0 saturated heterocycles. The van der Waals surface area contributed by atoms with Crippen LogP contribution in [0, 0.1) is 5.92 Å². The molecule has 2 aromatic rings. The highest BCUT2D eigenvalue weighted by atomic mass is 32.2. The Hall–Kier alpha value is -1.49. The summed E-state index contributed by atoms with van der Waals surface area (Å²) in [4.78, 5) is 17.1. The average Bonchev–Trinajstić information content (AvgIpc) is 3.14. The van der Waals surface area contributed by atoms with Crippen molar-refractivity contribution in [3.63, 3.8) is 0 Å². The normalized spacial score (nSPS) is 17.2. The Morgan fingerprint density at radius 2 is 2.14 bits per heavy atom. The maximum Gasteiger partial charge on any atom is 0.234 e. The first kappa shape index (κ1) is 15.4. The van der Waals surface area contributed by atoms with Gasteiger partial charge in [-0.05, 0) is 30.9 Å². The van der Waals surface area contributed by atoms with Gasteiger partial charge in [-0.3, -0.25) is 9.20 Å². The average molecular weight is 317 g/mol. The van der Waals surface area contributed by atoms with Crippen molar-refractivity contribution in [1.29, 1.82) is 0 Å². The van der Waals surface area contributed by atoms with E-state index >= 15 is 0 Å². The monoisotopic (exact) mass is 317 g/mol. The molecule has 1 saturated carbocycles. The minimum absolute atomic E-state index is 0.105. The number of carbonyl (C=O) groups is 1. The van der Waals surface area contributed by atoms with Crippen molar-refractivity contribution in [1.82, 2.24) is 14.7 Å². The second-order valence-electron chi connectivity index (χ2n) is 6.31. The first-order valence-electron chi connectivity index (χ1n) is 8.04. The number of imidazole rings is 1. The third-order valence-corrected chi connectivity index (χ3v) is 5.73. The Morgan fingerprint density at radius 3 is 2.86 bits per heavy atom. The summed E-state index contributed by atoms with van der Waals surface area (Å²) in [6, 6.07) is 6.38. The van der Waals surface area contributed by atoms with Gasteiger partial charge in [-0.25, -0.2) is 4.98 Å². The van der Waals surface area contributed by atoms with Gasteiger partial charge < -0.3 is 5.32 Å². The van der Waals surface area contributed by atoms with E-state index < -0.39 is 0 Å². The zero-order valence-corrected chi connectivity index (χ0v) is 14.0. The lowest BCUT2D eigenvalue weighted by Gasteiger charge is -2.21. The molecule has 1 N–H and O–H groups in total. The van der Waals surface area contributed by atoms with E-state index in [2.05, 4.69) is 24.1 Å². The summed E-state index contributed by atoms with van der Waals surface area (Å²) in [5.74, 6) is 0.419. The van der Waals surface area contributed by atoms with Crippen LogP contribution in [0.15, 0.2) is 35.7 Å². The van der Waals surface area contributed by atoms with Crippen LogP contribution in [0.5, 0.6) is 0 Å². The molecule has 2 aromatic heterocycles. The largest absolute Gasteiger partial charge is 0.352 e. The third kappa shape index (κ3) is 3.29. The number of nitrogens with one attached hydrogen (secondary N) is 1. The van der Waals surface area contributed by atoms with E-state index in [-0.39, 0.29) is 17.1 Å². The highest BCUT2D eigenvalue weighted by Gasteiger charge is 2.28. The molecule has 0 radical (unpaired) electrons. The molecule has 1 amide bonds. The molecular formula is C17H23N3OS. The number of nitrogens with zero attached hydrogens (tertiary/aromatic N) is 2. The number of pyridine rings is 1. The van der Waals surface area contributed by atoms with Crippen molar-refractivity contribution in [3.8, 4) is 0 Å². The van der Waals surface area contributed by atoms with E-state index in [0.717, 1.165) is 23.5 Å². The number of hydrogen-bond acceptors (Lipinski definition) is 3. The molecule has 118 valence electrons. The minimum atomic E-state index is -0.105. The molecule has 3 rings (SSSR count). The zero-order chi connectivity index (χ0) is 15.5. The standard InChI is InChI=1S/C17H23N3OS/c1-12(2)15(16(21)19-13-7-3-4-8-13)22-17-18-11-14-9-5-6-10-20(14)17/h5-6,9-13,15H,3-4,7-8H2,1-2H3,(H,19,21). The molecular weight excluding hydrogens is 294 g/mol. The number of carbonyl (C=O) groups excluding carboxylic acids is 1. The summed E-state index contributed by atoms with van der Waals surface area (Å²) in [7, 11) is 0. The van der Waals surface area contributed by atoms with E-state index in [1.807, 2.05) is 35.0 Å². The molecule has 22 heavy (non-hydrogen) atoms. The molecule has 0 spiro atoms. The summed E-state index contributed by atoms with van der Waals surface area (Å²) < 4.78 is 2.04. The Bertz CT molecular complexity index is 646. The second kappa shape index (κ2) is 6.73. The van der Waals surface area contributed by atoms with E-state index in [4.69, 9.17) is 0 Å². The molecule has 0 aliphatic heterocycles. The zero-order valence-electron chi connectivity index (χ0n) is 13.2. The lowest BCUT2D eigenvalue weighted by molar-refractivity contribution is -0.121. The van der Waals surface area contributed by atoms with Crippen LogP contribution in [0.25, 0.3) is 5.52 Å². The van der Waals surface area contributed by atoms with Gasteiger partial charge in [0.1, 0.15) is 0 Å². The summed E-state index contributed by atoms with van der Waals surface area (Å²) in [5, 5.41) is 4.00. The van der Waals surface area contributed by atoms with E-state index in [1.54, 1.807) is 11.8 Å². The lowest BCUT2D eigenvalue weighted by atomic mass is 10.1. The van der Waals surface area contributed by atoms with Crippen molar-refractivity contribution in [3.05, 3.63) is 30.6 Å². The number of hydrogen-bond donors (Lipinski definition) is 1. The Kier molecular flexibility index (Phi) is 4.71. The van der Waals surface area contributed by atoms with Gasteiger partial charge in [-0.2, -0.15) is 0 Å². The number of aromatic nitrogens is 2. The van der Waals surface area contributed by atoms with Crippen molar-refractivity contribution in [2.24, 2.45) is 5.92 Å². The Balaban J connectivity index is 1.74. The van der Waals surface area contributed by atoms with Crippen molar-refractivity contribution in [2.45, 2.75) is 56.0 Å². The predicted octanol–water partition coefficient (Wildman–Crippen LogP) is 3.51. The second-order valence-corrected chi connectivity index (χ2v) is 7.42. The Labute approximate surface area is 135 Å². The van der Waals surface area contributed by atoms with Crippen molar-refractivity contribution >= 4 is 23.2 Å². The van der Waals surface area contributed by atoms with Gasteiger partial charge in [-0.1, -0.05) is 44.5 Å². The summed E-state index contributed by atoms with van der Waals surface area (Å²) >= 11 is 1.56. The molecule has 1 unspecified atom stereocenters. The van der Waals surface area contributed by atoms with E-state index in [1.165, 1.54) is 12.8 Å². The predicted molar refractivity (Wildman–Crippen MR) is 90.1 cm³/mol. The van der Waals surface area contributed by atoms with Crippen LogP contribution in [0.2, 0.25) is 0 Å². The van der Waals surface area contributed by atoms with Gasteiger partial charge in [-0.15, -0.1) is 0 Å². The van der Waals surface area contributed by atoms with Gasteiger partial charge in [0.25, 0.3) is 0 Å².